The Morgan fingerprint density at radius 2 is 2.00 bits per heavy atom. The van der Waals surface area contributed by atoms with Crippen LogP contribution in [0.4, 0.5) is 0 Å². The van der Waals surface area contributed by atoms with Crippen LogP contribution in [0.3, 0.4) is 0 Å². The Kier molecular flexibility index (Phi) is 4.23. The maximum absolute atomic E-state index is 3.66. The molecule has 0 radical (unpaired) electrons. The molecule has 1 heterocycles. The number of hydrogen-bond donors (Lipinski definition) is 1. The Balaban J connectivity index is 2.06. The third-order valence-corrected chi connectivity index (χ3v) is 5.11. The van der Waals surface area contributed by atoms with E-state index in [1.54, 1.807) is 11.1 Å². The molecule has 0 saturated heterocycles. The maximum atomic E-state index is 3.66. The van der Waals surface area contributed by atoms with Crippen molar-refractivity contribution in [2.24, 2.45) is 5.41 Å². The summed E-state index contributed by atoms with van der Waals surface area (Å²) < 4.78 is 0. The minimum atomic E-state index is 0.447. The molecule has 0 unspecified atom stereocenters. The molecule has 0 amide bonds. The molecule has 23 heavy (non-hydrogen) atoms. The van der Waals surface area contributed by atoms with Crippen LogP contribution in [0.1, 0.15) is 64.6 Å². The van der Waals surface area contributed by atoms with Crippen LogP contribution in [0.15, 0.2) is 41.5 Å². The van der Waals surface area contributed by atoms with Crippen LogP contribution >= 0.6 is 0 Å². The van der Waals surface area contributed by atoms with Gasteiger partial charge in [0.2, 0.25) is 0 Å². The molecule has 0 spiro atoms. The lowest BCUT2D eigenvalue weighted by Crippen LogP contribution is -2.18. The van der Waals surface area contributed by atoms with Gasteiger partial charge in [-0.15, -0.1) is 0 Å². The number of nitrogens with one attached hydrogen (secondary N) is 1. The first-order valence-electron chi connectivity index (χ1n) is 8.88. The van der Waals surface area contributed by atoms with Gasteiger partial charge in [0, 0.05) is 16.6 Å². The monoisotopic (exact) mass is 307 g/mol. The number of aromatic amines is 1. The first-order chi connectivity index (χ1) is 10.9. The molecule has 0 fully saturated rings. The summed E-state index contributed by atoms with van der Waals surface area (Å²) in [6, 6.07) is 8.97. The molecular formula is C22H29N. The first kappa shape index (κ1) is 16.1. The Morgan fingerprint density at radius 1 is 1.22 bits per heavy atom. The molecule has 2 aromatic rings. The molecule has 122 valence electrons. The highest BCUT2D eigenvalue weighted by Gasteiger charge is 2.27. The number of aromatic nitrogens is 1. The molecule has 0 aliphatic heterocycles. The average Bonchev–Trinajstić information content (AvgIpc) is 2.87. The summed E-state index contributed by atoms with van der Waals surface area (Å²) in [5.41, 5.74) is 8.84. The van der Waals surface area contributed by atoms with E-state index in [1.165, 1.54) is 47.0 Å². The third kappa shape index (κ3) is 3.29. The van der Waals surface area contributed by atoms with Crippen molar-refractivity contribution in [1.29, 1.82) is 0 Å². The predicted octanol–water partition coefficient (Wildman–Crippen LogP) is 6.80. The number of rotatable bonds is 3. The quantitative estimate of drug-likeness (QED) is 0.642. The van der Waals surface area contributed by atoms with Crippen molar-refractivity contribution >= 4 is 16.5 Å². The van der Waals surface area contributed by atoms with E-state index in [2.05, 4.69) is 69.9 Å². The van der Waals surface area contributed by atoms with Crippen molar-refractivity contribution in [2.45, 2.75) is 60.3 Å². The second kappa shape index (κ2) is 6.03. The summed E-state index contributed by atoms with van der Waals surface area (Å²) in [5.74, 6) is 0. The van der Waals surface area contributed by atoms with Gasteiger partial charge in [0.15, 0.2) is 0 Å². The summed E-state index contributed by atoms with van der Waals surface area (Å²) in [6.45, 7) is 11.5. The van der Waals surface area contributed by atoms with E-state index in [0.717, 1.165) is 6.42 Å². The van der Waals surface area contributed by atoms with Crippen molar-refractivity contribution in [3.63, 3.8) is 0 Å². The highest BCUT2D eigenvalue weighted by molar-refractivity contribution is 5.89. The summed E-state index contributed by atoms with van der Waals surface area (Å²) in [4.78, 5) is 3.66. The largest absolute Gasteiger partial charge is 0.355 e. The topological polar surface area (TPSA) is 15.8 Å². The average molecular weight is 307 g/mol. The van der Waals surface area contributed by atoms with Crippen LogP contribution in [0.25, 0.3) is 16.5 Å². The minimum Gasteiger partial charge on any atom is -0.355 e. The normalized spacial score (nSPS) is 18.7. The van der Waals surface area contributed by atoms with Crippen LogP contribution in [-0.2, 0) is 0 Å². The Morgan fingerprint density at radius 3 is 2.70 bits per heavy atom. The molecule has 1 aliphatic rings. The fourth-order valence-electron chi connectivity index (χ4n) is 3.94. The third-order valence-electron chi connectivity index (χ3n) is 5.11. The smallest absolute Gasteiger partial charge is 0.0464 e. The van der Waals surface area contributed by atoms with Crippen LogP contribution in [0.5, 0.6) is 0 Å². The van der Waals surface area contributed by atoms with E-state index in [4.69, 9.17) is 0 Å². The van der Waals surface area contributed by atoms with Gasteiger partial charge >= 0.3 is 0 Å². The zero-order valence-electron chi connectivity index (χ0n) is 15.2. The first-order valence-corrected chi connectivity index (χ1v) is 8.88. The molecule has 0 atom stereocenters. The summed E-state index contributed by atoms with van der Waals surface area (Å²) >= 11 is 0. The van der Waals surface area contributed by atoms with Gasteiger partial charge in [-0.05, 0) is 73.8 Å². The molecule has 1 N–H and O–H groups in total. The summed E-state index contributed by atoms with van der Waals surface area (Å²) in [7, 11) is 0. The van der Waals surface area contributed by atoms with Gasteiger partial charge in [0.25, 0.3) is 0 Å². The Labute approximate surface area is 140 Å². The van der Waals surface area contributed by atoms with Crippen molar-refractivity contribution in [3.8, 4) is 0 Å². The predicted molar refractivity (Wildman–Crippen MR) is 102 cm³/mol. The molecule has 1 aromatic heterocycles. The Hall–Kier alpha value is -1.76. The lowest BCUT2D eigenvalue weighted by molar-refractivity contribution is 0.316. The number of aryl methyl sites for hydroxylation is 1. The molecule has 0 saturated carbocycles. The number of benzene rings is 1. The van der Waals surface area contributed by atoms with Crippen LogP contribution in [-0.4, -0.2) is 4.98 Å². The van der Waals surface area contributed by atoms with E-state index in [1.807, 2.05) is 0 Å². The van der Waals surface area contributed by atoms with Crippen molar-refractivity contribution < 1.29 is 0 Å². The summed E-state index contributed by atoms with van der Waals surface area (Å²) in [5, 5.41) is 1.31. The number of fused-ring (bicyclic) bond motifs is 1. The standard InChI is InChI=1S/C22H29N/c1-6-7-19(18-10-11-22(4,5)14-16(18)3)21-13-17-9-8-15(2)12-20(17)23-21/h7-9,12-13,23H,6,10-11,14H2,1-5H3/b19-7+. The number of H-pyrrole nitrogens is 1. The molecule has 1 nitrogen and oxygen atoms in total. The van der Waals surface area contributed by atoms with Gasteiger partial charge in [-0.1, -0.05) is 44.6 Å². The van der Waals surface area contributed by atoms with Gasteiger partial charge in [0.05, 0.1) is 0 Å². The van der Waals surface area contributed by atoms with E-state index >= 15 is 0 Å². The lowest BCUT2D eigenvalue weighted by atomic mass is 9.73. The van der Waals surface area contributed by atoms with Crippen molar-refractivity contribution in [2.75, 3.05) is 0 Å². The fourth-order valence-corrected chi connectivity index (χ4v) is 3.94. The zero-order valence-corrected chi connectivity index (χ0v) is 15.2. The molecule has 1 heteroatoms. The van der Waals surface area contributed by atoms with Gasteiger partial charge in [-0.25, -0.2) is 0 Å². The van der Waals surface area contributed by atoms with Crippen LogP contribution in [0, 0.1) is 12.3 Å². The van der Waals surface area contributed by atoms with Gasteiger partial charge in [-0.3, -0.25) is 0 Å². The van der Waals surface area contributed by atoms with E-state index in [-0.39, 0.29) is 0 Å². The van der Waals surface area contributed by atoms with Gasteiger partial charge in [-0.2, -0.15) is 0 Å². The van der Waals surface area contributed by atoms with Crippen LogP contribution < -0.4 is 0 Å². The molecule has 1 aromatic carbocycles. The summed E-state index contributed by atoms with van der Waals surface area (Å²) in [6.07, 6.45) is 7.15. The fraction of sp³-hybridized carbons (Fsp3) is 0.455. The Bertz CT molecular complexity index is 783. The van der Waals surface area contributed by atoms with Gasteiger partial charge in [0.1, 0.15) is 0 Å². The molecule has 1 aliphatic carbocycles. The van der Waals surface area contributed by atoms with Crippen molar-refractivity contribution in [1.82, 2.24) is 4.98 Å². The second-order valence-electron chi connectivity index (χ2n) is 7.90. The van der Waals surface area contributed by atoms with E-state index < -0.39 is 0 Å². The van der Waals surface area contributed by atoms with Gasteiger partial charge < -0.3 is 4.98 Å². The second-order valence-corrected chi connectivity index (χ2v) is 7.90. The van der Waals surface area contributed by atoms with E-state index in [9.17, 15) is 0 Å². The number of allylic oxidation sites excluding steroid dienone is 4. The van der Waals surface area contributed by atoms with Crippen molar-refractivity contribution in [3.05, 3.63) is 52.7 Å². The molecule has 0 bridgehead atoms. The SMILES string of the molecule is CC/C=C(\C1=C(C)CC(C)(C)CC1)c1cc2ccc(C)cc2[nH]1. The molecule has 3 rings (SSSR count). The van der Waals surface area contributed by atoms with Crippen LogP contribution in [0.2, 0.25) is 0 Å². The molecular weight excluding hydrogens is 278 g/mol. The number of hydrogen-bond acceptors (Lipinski definition) is 0. The van der Waals surface area contributed by atoms with E-state index in [0.29, 0.717) is 5.41 Å². The minimum absolute atomic E-state index is 0.447. The zero-order chi connectivity index (χ0) is 16.6. The lowest BCUT2D eigenvalue weighted by Gasteiger charge is -2.33. The highest BCUT2D eigenvalue weighted by atomic mass is 14.7. The maximum Gasteiger partial charge on any atom is 0.0464 e. The highest BCUT2D eigenvalue weighted by Crippen LogP contribution is 2.43.